The molecule has 0 saturated carbocycles. The first-order chi connectivity index (χ1) is 9.49. The molecule has 1 unspecified atom stereocenters. The van der Waals surface area contributed by atoms with Gasteiger partial charge in [-0.05, 0) is 13.8 Å². The third-order valence-electron chi connectivity index (χ3n) is 2.56. The zero-order valence-electron chi connectivity index (χ0n) is 11.4. The molecule has 1 rings (SSSR count). The van der Waals surface area contributed by atoms with Crippen LogP contribution in [0.5, 0.6) is 0 Å². The van der Waals surface area contributed by atoms with Gasteiger partial charge in [0.25, 0.3) is 0 Å². The quantitative estimate of drug-likeness (QED) is 0.540. The Kier molecular flexibility index (Phi) is 5.75. The Hall–Kier alpha value is -2.32. The maximum Gasteiger partial charge on any atom is 0.410 e. The van der Waals surface area contributed by atoms with Crippen molar-refractivity contribution in [3.63, 3.8) is 0 Å². The molecule has 0 radical (unpaired) electrons. The second-order valence-corrected chi connectivity index (χ2v) is 3.96. The van der Waals surface area contributed by atoms with Crippen LogP contribution in [0.3, 0.4) is 0 Å². The Morgan fingerprint density at radius 1 is 1.35 bits per heavy atom. The van der Waals surface area contributed by atoms with Gasteiger partial charge in [0.1, 0.15) is 5.92 Å². The highest BCUT2D eigenvalue weighted by atomic mass is 16.6. The molecule has 1 atom stereocenters. The van der Waals surface area contributed by atoms with E-state index in [1.54, 1.807) is 13.8 Å². The minimum Gasteiger partial charge on any atom is -0.465 e. The molecule has 9 nitrogen and oxygen atoms in total. The Morgan fingerprint density at radius 3 is 2.55 bits per heavy atom. The van der Waals surface area contributed by atoms with Crippen molar-refractivity contribution in [3.8, 4) is 0 Å². The molecule has 0 spiro atoms. The summed E-state index contributed by atoms with van der Waals surface area (Å²) >= 11 is 0. The fourth-order valence-corrected chi connectivity index (χ4v) is 1.74. The molecule has 0 bridgehead atoms. The lowest BCUT2D eigenvalue weighted by molar-refractivity contribution is -0.145. The Bertz CT molecular complexity index is 423. The summed E-state index contributed by atoms with van der Waals surface area (Å²) in [5.74, 6) is -1.24. The van der Waals surface area contributed by atoms with E-state index in [2.05, 4.69) is 5.10 Å². The van der Waals surface area contributed by atoms with Crippen molar-refractivity contribution in [2.24, 2.45) is 16.8 Å². The Balaban J connectivity index is 2.82. The van der Waals surface area contributed by atoms with E-state index in [-0.39, 0.29) is 26.3 Å². The van der Waals surface area contributed by atoms with Crippen LogP contribution < -0.4 is 11.2 Å². The van der Waals surface area contributed by atoms with Gasteiger partial charge >= 0.3 is 18.1 Å². The largest absolute Gasteiger partial charge is 0.465 e. The highest BCUT2D eigenvalue weighted by Crippen LogP contribution is 2.16. The average molecular weight is 286 g/mol. The molecular weight excluding hydrogens is 268 g/mol. The maximum atomic E-state index is 11.8. The van der Waals surface area contributed by atoms with Crippen LogP contribution in [0.4, 0.5) is 9.59 Å². The lowest BCUT2D eigenvalue weighted by Gasteiger charge is -2.14. The number of ether oxygens (including phenoxy) is 2. The number of hydrogen-bond acceptors (Lipinski definition) is 6. The van der Waals surface area contributed by atoms with Gasteiger partial charge in [0.05, 0.1) is 25.5 Å². The lowest BCUT2D eigenvalue weighted by atomic mass is 10.1. The smallest absolute Gasteiger partial charge is 0.410 e. The molecule has 1 fully saturated rings. The predicted molar refractivity (Wildman–Crippen MR) is 68.9 cm³/mol. The minimum atomic E-state index is -0.852. The maximum absolute atomic E-state index is 11.8. The van der Waals surface area contributed by atoms with Crippen molar-refractivity contribution < 1.29 is 23.9 Å². The second kappa shape index (κ2) is 7.31. The van der Waals surface area contributed by atoms with E-state index >= 15 is 0 Å². The first-order valence-electron chi connectivity index (χ1n) is 6.19. The van der Waals surface area contributed by atoms with Gasteiger partial charge in [-0.25, -0.2) is 15.0 Å². The van der Waals surface area contributed by atoms with Gasteiger partial charge in [-0.15, -0.1) is 0 Å². The molecule has 1 aliphatic heterocycles. The normalized spacial score (nSPS) is 19.8. The van der Waals surface area contributed by atoms with Crippen molar-refractivity contribution >= 4 is 23.8 Å². The topological polar surface area (TPSA) is 123 Å². The molecule has 1 aliphatic rings. The summed E-state index contributed by atoms with van der Waals surface area (Å²) in [5, 5.41) is 3.74. The second-order valence-electron chi connectivity index (χ2n) is 3.96. The number of carbonyl (C=O) groups is 3. The predicted octanol–water partition coefficient (Wildman–Crippen LogP) is -0.338. The summed E-state index contributed by atoms with van der Waals surface area (Å²) in [6.07, 6.45) is -0.550. The highest BCUT2D eigenvalue weighted by Gasteiger charge is 2.38. The van der Waals surface area contributed by atoms with Crippen molar-refractivity contribution in [2.75, 3.05) is 26.3 Å². The number of carbonyl (C=O) groups excluding carboxylic acids is 3. The Morgan fingerprint density at radius 2 is 2.00 bits per heavy atom. The zero-order valence-corrected chi connectivity index (χ0v) is 11.4. The van der Waals surface area contributed by atoms with Crippen LogP contribution >= 0.6 is 0 Å². The van der Waals surface area contributed by atoms with Crippen LogP contribution in [0.15, 0.2) is 5.10 Å². The van der Waals surface area contributed by atoms with Gasteiger partial charge in [0, 0.05) is 6.54 Å². The fraction of sp³-hybridized carbons (Fsp3) is 0.636. The summed E-state index contributed by atoms with van der Waals surface area (Å²) in [4.78, 5) is 35.4. The molecule has 3 amide bonds. The van der Waals surface area contributed by atoms with Crippen LogP contribution in [-0.4, -0.2) is 55.0 Å². The summed E-state index contributed by atoms with van der Waals surface area (Å²) in [7, 11) is 0. The van der Waals surface area contributed by atoms with Crippen LogP contribution in [-0.2, 0) is 14.3 Å². The summed E-state index contributed by atoms with van der Waals surface area (Å²) in [5.41, 5.74) is 7.26. The number of nitrogens with zero attached hydrogens (tertiary/aromatic N) is 2. The number of nitrogens with two attached hydrogens (primary N) is 1. The van der Waals surface area contributed by atoms with Crippen LogP contribution in [0.2, 0.25) is 0 Å². The van der Waals surface area contributed by atoms with Gasteiger partial charge in [-0.2, -0.15) is 5.10 Å². The molecule has 9 heteroatoms. The number of amides is 3. The van der Waals surface area contributed by atoms with Crippen LogP contribution in [0, 0.1) is 5.92 Å². The van der Waals surface area contributed by atoms with E-state index in [4.69, 9.17) is 15.2 Å². The van der Waals surface area contributed by atoms with Crippen molar-refractivity contribution in [1.29, 1.82) is 0 Å². The van der Waals surface area contributed by atoms with Gasteiger partial charge in [-0.3, -0.25) is 4.79 Å². The highest BCUT2D eigenvalue weighted by molar-refractivity contribution is 6.06. The number of urea groups is 1. The third-order valence-corrected chi connectivity index (χ3v) is 2.56. The van der Waals surface area contributed by atoms with Gasteiger partial charge in [0.2, 0.25) is 0 Å². The molecule has 1 heterocycles. The molecular formula is C11H18N4O5. The number of nitrogens with one attached hydrogen (secondary N) is 1. The SMILES string of the molecule is CCOC(=O)C1CN(C(=O)OCC)C/C1=N/NC(N)=O. The van der Waals surface area contributed by atoms with Crippen molar-refractivity contribution in [3.05, 3.63) is 0 Å². The van der Waals surface area contributed by atoms with Gasteiger partial charge in [-0.1, -0.05) is 0 Å². The molecule has 0 aromatic carbocycles. The molecule has 20 heavy (non-hydrogen) atoms. The molecule has 0 aromatic rings. The standard InChI is InChI=1S/C11H18N4O5/c1-3-19-9(16)7-5-15(11(18)20-4-2)6-8(7)13-14-10(12)17/h7H,3-6H2,1-2H3,(H3,12,14,17)/b13-8-. The van der Waals surface area contributed by atoms with Gasteiger partial charge < -0.3 is 20.1 Å². The van der Waals surface area contributed by atoms with E-state index in [9.17, 15) is 14.4 Å². The summed E-state index contributed by atoms with van der Waals surface area (Å²) < 4.78 is 9.76. The molecule has 0 aromatic heterocycles. The summed E-state index contributed by atoms with van der Waals surface area (Å²) in [6, 6.07) is -0.852. The van der Waals surface area contributed by atoms with Gasteiger partial charge in [0.15, 0.2) is 0 Å². The number of likely N-dealkylation sites (tertiary alicyclic amines) is 1. The zero-order chi connectivity index (χ0) is 15.1. The molecule has 3 N–H and O–H groups in total. The molecule has 1 saturated heterocycles. The lowest BCUT2D eigenvalue weighted by Crippen LogP contribution is -2.30. The molecule has 0 aliphatic carbocycles. The van der Waals surface area contributed by atoms with Crippen molar-refractivity contribution in [2.45, 2.75) is 13.8 Å². The number of hydrogen-bond donors (Lipinski definition) is 2. The minimum absolute atomic E-state index is 0.0720. The monoisotopic (exact) mass is 286 g/mol. The number of primary amides is 1. The first kappa shape index (κ1) is 15.7. The van der Waals surface area contributed by atoms with E-state index in [1.165, 1.54) is 4.90 Å². The third kappa shape index (κ3) is 4.11. The first-order valence-corrected chi connectivity index (χ1v) is 6.19. The van der Waals surface area contributed by atoms with E-state index in [1.807, 2.05) is 5.43 Å². The van der Waals surface area contributed by atoms with Crippen LogP contribution in [0.1, 0.15) is 13.8 Å². The number of hydrazone groups is 1. The van der Waals surface area contributed by atoms with E-state index < -0.39 is 24.0 Å². The van der Waals surface area contributed by atoms with E-state index in [0.717, 1.165) is 0 Å². The fourth-order valence-electron chi connectivity index (χ4n) is 1.74. The number of esters is 1. The van der Waals surface area contributed by atoms with E-state index in [0.29, 0.717) is 5.71 Å². The number of rotatable bonds is 4. The Labute approximate surface area is 116 Å². The summed E-state index contributed by atoms with van der Waals surface area (Å²) in [6.45, 7) is 3.96. The van der Waals surface area contributed by atoms with Crippen LogP contribution in [0.25, 0.3) is 0 Å². The molecule has 112 valence electrons. The average Bonchev–Trinajstić information content (AvgIpc) is 2.81. The van der Waals surface area contributed by atoms with Crippen molar-refractivity contribution in [1.82, 2.24) is 10.3 Å².